The van der Waals surface area contributed by atoms with Crippen LogP contribution in [0.3, 0.4) is 0 Å². The lowest BCUT2D eigenvalue weighted by Crippen LogP contribution is -2.21. The molecule has 0 aromatic heterocycles. The second-order valence-corrected chi connectivity index (χ2v) is 5.99. The van der Waals surface area contributed by atoms with Crippen molar-refractivity contribution in [2.75, 3.05) is 25.2 Å². The first kappa shape index (κ1) is 16.5. The number of nitrogens with two attached hydrogens (primary N) is 1. The van der Waals surface area contributed by atoms with Gasteiger partial charge in [-0.15, -0.1) is 0 Å². The summed E-state index contributed by atoms with van der Waals surface area (Å²) in [6, 6.07) is 5.30. The molecule has 0 saturated carbocycles. The standard InChI is InChI=1S/C13H21N3O3S/c1-3-20(18)7-6-15-9-11-8-10(13(14)16-17)4-5-12(11)19-2/h4-5,8,15,17H,3,6-7,9H2,1-2H3,(H2,14,16). The van der Waals surface area contributed by atoms with Gasteiger partial charge in [-0.3, -0.25) is 4.21 Å². The monoisotopic (exact) mass is 299 g/mol. The highest BCUT2D eigenvalue weighted by Crippen LogP contribution is 2.19. The van der Waals surface area contributed by atoms with Crippen LogP contribution in [0.1, 0.15) is 18.1 Å². The average Bonchev–Trinajstić information content (AvgIpc) is 2.50. The Balaban J connectivity index is 2.69. The summed E-state index contributed by atoms with van der Waals surface area (Å²) in [7, 11) is 0.820. The molecule has 112 valence electrons. The fourth-order valence-electron chi connectivity index (χ4n) is 1.69. The van der Waals surface area contributed by atoms with Gasteiger partial charge in [0.2, 0.25) is 0 Å². The molecule has 1 unspecified atom stereocenters. The van der Waals surface area contributed by atoms with Crippen LogP contribution in [0.25, 0.3) is 0 Å². The molecule has 0 heterocycles. The highest BCUT2D eigenvalue weighted by atomic mass is 32.2. The van der Waals surface area contributed by atoms with E-state index in [-0.39, 0.29) is 5.84 Å². The van der Waals surface area contributed by atoms with Crippen LogP contribution < -0.4 is 15.8 Å². The van der Waals surface area contributed by atoms with E-state index in [2.05, 4.69) is 10.5 Å². The van der Waals surface area contributed by atoms with E-state index in [9.17, 15) is 4.21 Å². The number of oxime groups is 1. The number of hydrogen-bond acceptors (Lipinski definition) is 5. The summed E-state index contributed by atoms with van der Waals surface area (Å²) in [5.41, 5.74) is 7.09. The third-order valence-electron chi connectivity index (χ3n) is 2.83. The normalized spacial score (nSPS) is 13.2. The summed E-state index contributed by atoms with van der Waals surface area (Å²) >= 11 is 0. The second-order valence-electron chi connectivity index (χ2n) is 4.12. The molecule has 1 atom stereocenters. The number of methoxy groups -OCH3 is 1. The molecule has 4 N–H and O–H groups in total. The van der Waals surface area contributed by atoms with E-state index < -0.39 is 10.8 Å². The van der Waals surface area contributed by atoms with Crippen LogP contribution in [0.15, 0.2) is 23.4 Å². The highest BCUT2D eigenvalue weighted by molar-refractivity contribution is 7.84. The molecule has 0 fully saturated rings. The number of benzene rings is 1. The molecule has 7 heteroatoms. The Morgan fingerprint density at radius 2 is 2.30 bits per heavy atom. The van der Waals surface area contributed by atoms with Gasteiger partial charge < -0.3 is 21.0 Å². The van der Waals surface area contributed by atoms with Gasteiger partial charge in [0.25, 0.3) is 0 Å². The Hall–Kier alpha value is -1.60. The van der Waals surface area contributed by atoms with E-state index in [0.717, 1.165) is 11.3 Å². The van der Waals surface area contributed by atoms with Gasteiger partial charge in [0, 0.05) is 46.5 Å². The van der Waals surface area contributed by atoms with E-state index in [1.54, 1.807) is 25.3 Å². The van der Waals surface area contributed by atoms with Crippen molar-refractivity contribution in [3.8, 4) is 5.75 Å². The summed E-state index contributed by atoms with van der Waals surface area (Å²) in [4.78, 5) is 0. The summed E-state index contributed by atoms with van der Waals surface area (Å²) in [6.07, 6.45) is 0. The van der Waals surface area contributed by atoms with Crippen molar-refractivity contribution in [3.05, 3.63) is 29.3 Å². The van der Waals surface area contributed by atoms with Crippen molar-refractivity contribution >= 4 is 16.6 Å². The number of ether oxygens (including phenoxy) is 1. The van der Waals surface area contributed by atoms with Crippen LogP contribution in [0.5, 0.6) is 5.75 Å². The van der Waals surface area contributed by atoms with Crippen LogP contribution in [0.2, 0.25) is 0 Å². The lowest BCUT2D eigenvalue weighted by molar-refractivity contribution is 0.318. The fraction of sp³-hybridized carbons (Fsp3) is 0.462. The molecule has 0 aliphatic carbocycles. The molecular weight excluding hydrogens is 278 g/mol. The van der Waals surface area contributed by atoms with E-state index >= 15 is 0 Å². The zero-order chi connectivity index (χ0) is 15.0. The van der Waals surface area contributed by atoms with Gasteiger partial charge in [0.1, 0.15) is 5.75 Å². The first-order chi connectivity index (χ1) is 9.62. The lowest BCUT2D eigenvalue weighted by atomic mass is 10.1. The summed E-state index contributed by atoms with van der Waals surface area (Å²) < 4.78 is 16.6. The predicted octanol–water partition coefficient (Wildman–Crippen LogP) is 0.648. The minimum absolute atomic E-state index is 0.0565. The number of nitrogens with zero attached hydrogens (tertiary/aromatic N) is 1. The first-order valence-corrected chi connectivity index (χ1v) is 7.81. The predicted molar refractivity (Wildman–Crippen MR) is 80.8 cm³/mol. The van der Waals surface area contributed by atoms with Crippen LogP contribution in [0, 0.1) is 0 Å². The van der Waals surface area contributed by atoms with Gasteiger partial charge in [-0.2, -0.15) is 0 Å². The van der Waals surface area contributed by atoms with Crippen LogP contribution in [-0.4, -0.2) is 40.4 Å². The SMILES string of the molecule is CCS(=O)CCNCc1cc(/C(N)=N/O)ccc1OC. The van der Waals surface area contributed by atoms with Crippen molar-refractivity contribution < 1.29 is 14.2 Å². The fourth-order valence-corrected chi connectivity index (χ4v) is 2.35. The Morgan fingerprint density at radius 3 is 2.90 bits per heavy atom. The first-order valence-electron chi connectivity index (χ1n) is 6.32. The smallest absolute Gasteiger partial charge is 0.170 e. The molecule has 1 aromatic rings. The van der Waals surface area contributed by atoms with Gasteiger partial charge in [-0.1, -0.05) is 12.1 Å². The van der Waals surface area contributed by atoms with E-state index in [4.69, 9.17) is 15.7 Å². The Morgan fingerprint density at radius 1 is 1.55 bits per heavy atom. The minimum atomic E-state index is -0.771. The average molecular weight is 299 g/mol. The summed E-state index contributed by atoms with van der Waals surface area (Å²) in [6.45, 7) is 3.13. The van der Waals surface area contributed by atoms with Gasteiger partial charge in [0.05, 0.1) is 7.11 Å². The molecule has 0 amide bonds. The third-order valence-corrected chi connectivity index (χ3v) is 4.13. The molecule has 0 aliphatic rings. The number of nitrogens with one attached hydrogen (secondary N) is 1. The number of amidine groups is 1. The highest BCUT2D eigenvalue weighted by Gasteiger charge is 2.07. The molecule has 20 heavy (non-hydrogen) atoms. The molecule has 0 spiro atoms. The van der Waals surface area contributed by atoms with Crippen LogP contribution in [0.4, 0.5) is 0 Å². The molecule has 6 nitrogen and oxygen atoms in total. The topological polar surface area (TPSA) is 96.9 Å². The van der Waals surface area contributed by atoms with Gasteiger partial charge in [-0.05, 0) is 18.2 Å². The quantitative estimate of drug-likeness (QED) is 0.215. The van der Waals surface area contributed by atoms with Crippen LogP contribution >= 0.6 is 0 Å². The molecular formula is C13H21N3O3S. The zero-order valence-electron chi connectivity index (χ0n) is 11.8. The van der Waals surface area contributed by atoms with Crippen molar-refractivity contribution in [3.63, 3.8) is 0 Å². The Labute approximate surface area is 121 Å². The summed E-state index contributed by atoms with van der Waals surface area (Å²) in [5, 5.41) is 14.9. The molecule has 0 radical (unpaired) electrons. The van der Waals surface area contributed by atoms with E-state index in [0.29, 0.717) is 30.2 Å². The van der Waals surface area contributed by atoms with Gasteiger partial charge in [-0.25, -0.2) is 0 Å². The lowest BCUT2D eigenvalue weighted by Gasteiger charge is -2.11. The van der Waals surface area contributed by atoms with E-state index in [1.165, 1.54) is 0 Å². The maximum Gasteiger partial charge on any atom is 0.170 e. The minimum Gasteiger partial charge on any atom is -0.496 e. The number of hydrogen-bond donors (Lipinski definition) is 3. The van der Waals surface area contributed by atoms with E-state index in [1.807, 2.05) is 6.92 Å². The molecule has 0 aliphatic heterocycles. The maximum absolute atomic E-state index is 11.3. The molecule has 0 saturated heterocycles. The van der Waals surface area contributed by atoms with Crippen LogP contribution in [-0.2, 0) is 17.3 Å². The Bertz CT molecular complexity index is 492. The van der Waals surface area contributed by atoms with Crippen molar-refractivity contribution in [2.45, 2.75) is 13.5 Å². The molecule has 0 bridgehead atoms. The maximum atomic E-state index is 11.3. The largest absolute Gasteiger partial charge is 0.496 e. The second kappa shape index (κ2) is 8.55. The number of rotatable bonds is 8. The Kier molecular flexibility index (Phi) is 7.03. The van der Waals surface area contributed by atoms with Crippen molar-refractivity contribution in [1.29, 1.82) is 0 Å². The van der Waals surface area contributed by atoms with Gasteiger partial charge in [0.15, 0.2) is 5.84 Å². The third kappa shape index (κ3) is 4.82. The molecule has 1 rings (SSSR count). The zero-order valence-corrected chi connectivity index (χ0v) is 12.6. The van der Waals surface area contributed by atoms with Gasteiger partial charge >= 0.3 is 0 Å². The van der Waals surface area contributed by atoms with Crippen molar-refractivity contribution in [2.24, 2.45) is 10.9 Å². The summed E-state index contributed by atoms with van der Waals surface area (Å²) in [5.74, 6) is 2.08. The molecule has 1 aromatic carbocycles. The van der Waals surface area contributed by atoms with Crippen molar-refractivity contribution in [1.82, 2.24) is 5.32 Å².